The van der Waals surface area contributed by atoms with E-state index >= 15 is 0 Å². The third-order valence-corrected chi connectivity index (χ3v) is 12.8. The van der Waals surface area contributed by atoms with E-state index in [0.717, 1.165) is 0 Å². The molecule has 0 fully saturated rings. The van der Waals surface area contributed by atoms with Crippen LogP contribution in [0, 0.1) is 13.8 Å². The Hall–Kier alpha value is 0.300. The molecule has 0 aromatic heterocycles. The Bertz CT molecular complexity index is 986. The molecule has 0 aliphatic heterocycles. The Labute approximate surface area is 225 Å². The van der Waals surface area contributed by atoms with Crippen molar-refractivity contribution in [3.05, 3.63) is 80.7 Å². The van der Waals surface area contributed by atoms with Gasteiger partial charge < -0.3 is 24.8 Å². The molecule has 0 nitrogen and oxygen atoms in total. The van der Waals surface area contributed by atoms with Gasteiger partial charge in [-0.1, -0.05) is 57.8 Å². The summed E-state index contributed by atoms with van der Waals surface area (Å²) in [5.74, 6) is 0. The molecule has 6 heteroatoms. The predicted molar refractivity (Wildman–Crippen MR) is 131 cm³/mol. The van der Waals surface area contributed by atoms with Gasteiger partial charge in [-0.15, -0.1) is 69.1 Å². The summed E-state index contributed by atoms with van der Waals surface area (Å²) in [6, 6.07) is 24.2. The van der Waals surface area contributed by atoms with Gasteiger partial charge in [0.05, 0.1) is 0 Å². The standard InChI is InChI=1S/2C10H8Br.C4H10Si.2ClH.Zr/c2*1-7-5-8-3-2-4-10(11)9(8)6-7;1-3-5-4-2;;;/h2*2-6H,1H3;3-4H2,1-2H3;2*1H;/q2*-1;;;;+2/p-2. The van der Waals surface area contributed by atoms with E-state index in [2.05, 4.69) is 120 Å². The fraction of sp³-hybridized carbons (Fsp3) is 0.250. The van der Waals surface area contributed by atoms with Crippen molar-refractivity contribution in [1.82, 2.24) is 0 Å². The molecule has 0 saturated carbocycles. The van der Waals surface area contributed by atoms with Crippen molar-refractivity contribution in [3.63, 3.8) is 0 Å². The minimum absolute atomic E-state index is 0. The Morgan fingerprint density at radius 3 is 1.40 bits per heavy atom. The molecule has 0 amide bonds. The van der Waals surface area contributed by atoms with Gasteiger partial charge >= 0.3 is 54.7 Å². The van der Waals surface area contributed by atoms with Crippen molar-refractivity contribution < 1.29 is 48.1 Å². The molecule has 30 heavy (non-hydrogen) atoms. The summed E-state index contributed by atoms with van der Waals surface area (Å²) in [5, 5.41) is 5.25. The summed E-state index contributed by atoms with van der Waals surface area (Å²) in [4.78, 5) is 0. The fourth-order valence-electron chi connectivity index (χ4n) is 2.94. The van der Waals surface area contributed by atoms with E-state index < -0.39 is 0 Å². The van der Waals surface area contributed by atoms with Crippen LogP contribution in [0.15, 0.2) is 69.6 Å². The number of benzene rings is 2. The van der Waals surface area contributed by atoms with Crippen LogP contribution in [0.2, 0.25) is 12.1 Å². The van der Waals surface area contributed by atoms with Gasteiger partial charge in [0.25, 0.3) is 0 Å². The Kier molecular flexibility index (Phi) is 15.3. The molecule has 160 valence electrons. The maximum Gasteiger partial charge on any atom is -0.0262 e. The van der Waals surface area contributed by atoms with Gasteiger partial charge in [-0.3, -0.25) is 0 Å². The SMILES string of the molecule is CC[Si](=[Zr+2])CC.Cc1cc2c(Br)cccc2[cH-]1.Cc1cc2c(Br)cccc2[cH-]1.[Cl-].[Cl-]. The van der Waals surface area contributed by atoms with Crippen LogP contribution in [0.4, 0.5) is 0 Å². The van der Waals surface area contributed by atoms with E-state index in [1.165, 1.54) is 53.7 Å². The number of fused-ring (bicyclic) bond motifs is 2. The van der Waals surface area contributed by atoms with Crippen molar-refractivity contribution >= 4 is 58.8 Å². The van der Waals surface area contributed by atoms with E-state index in [0.29, 0.717) is 0 Å². The van der Waals surface area contributed by atoms with Crippen LogP contribution >= 0.6 is 31.9 Å². The molecule has 0 aliphatic carbocycles. The second-order valence-corrected chi connectivity index (χ2v) is 16.4. The maximum atomic E-state index is 3.51. The fourth-order valence-corrected chi connectivity index (χ4v) is 4.43. The van der Waals surface area contributed by atoms with E-state index in [1.54, 1.807) is 23.3 Å². The first-order valence-electron chi connectivity index (χ1n) is 9.55. The first-order chi connectivity index (χ1) is 13.3. The molecule has 0 unspecified atom stereocenters. The largest absolute Gasteiger partial charge is 1.00 e. The Morgan fingerprint density at radius 1 is 0.767 bits per heavy atom. The normalized spacial score (nSPS) is 9.60. The van der Waals surface area contributed by atoms with Gasteiger partial charge in [0, 0.05) is 0 Å². The number of hydrogen-bond donors (Lipinski definition) is 0. The van der Waals surface area contributed by atoms with Crippen LogP contribution in [0.1, 0.15) is 25.0 Å². The van der Waals surface area contributed by atoms with E-state index in [-0.39, 0.29) is 30.2 Å². The molecule has 0 bridgehead atoms. The number of hydrogen-bond acceptors (Lipinski definition) is 0. The van der Waals surface area contributed by atoms with Crippen LogP contribution in [-0.4, -0.2) is 5.43 Å². The Morgan fingerprint density at radius 2 is 1.13 bits per heavy atom. The molecular formula is C24H26Br2Cl2SiZr-2. The number of rotatable bonds is 2. The molecular weight excluding hydrogens is 638 g/mol. The third-order valence-electron chi connectivity index (χ3n) is 4.54. The monoisotopic (exact) mass is 660 g/mol. The zero-order valence-electron chi connectivity index (χ0n) is 17.7. The summed E-state index contributed by atoms with van der Waals surface area (Å²) < 4.78 is 2.37. The number of halogens is 4. The van der Waals surface area contributed by atoms with Crippen LogP contribution in [0.5, 0.6) is 0 Å². The van der Waals surface area contributed by atoms with Crippen LogP contribution in [-0.2, 0) is 23.3 Å². The molecule has 0 radical (unpaired) electrons. The Balaban J connectivity index is 0.000000427. The van der Waals surface area contributed by atoms with Gasteiger partial charge in [0.2, 0.25) is 0 Å². The summed E-state index contributed by atoms with van der Waals surface area (Å²) in [6.07, 6.45) is 0. The van der Waals surface area contributed by atoms with Gasteiger partial charge in [-0.05, 0) is 8.95 Å². The quantitative estimate of drug-likeness (QED) is 0.229. The van der Waals surface area contributed by atoms with Crippen molar-refractivity contribution in [2.75, 3.05) is 0 Å². The first-order valence-corrected chi connectivity index (χ1v) is 16.7. The van der Waals surface area contributed by atoms with E-state index in [1.807, 2.05) is 0 Å². The first kappa shape index (κ1) is 30.3. The summed E-state index contributed by atoms with van der Waals surface area (Å²) >= 11 is 8.82. The average molecular weight is 664 g/mol. The second kappa shape index (κ2) is 15.2. The minimum Gasteiger partial charge on any atom is -1.00 e. The molecule has 4 aromatic carbocycles. The van der Waals surface area contributed by atoms with E-state index in [9.17, 15) is 0 Å². The molecule has 0 spiro atoms. The molecule has 4 aromatic rings. The van der Waals surface area contributed by atoms with Gasteiger partial charge in [-0.2, -0.15) is 12.1 Å². The molecule has 0 atom stereocenters. The summed E-state index contributed by atoms with van der Waals surface area (Å²) in [5.41, 5.74) is 2.87. The van der Waals surface area contributed by atoms with Crippen molar-refractivity contribution in [2.45, 2.75) is 39.8 Å². The van der Waals surface area contributed by atoms with Crippen molar-refractivity contribution in [3.8, 4) is 0 Å². The smallest absolute Gasteiger partial charge is 0.0262 e. The van der Waals surface area contributed by atoms with Crippen LogP contribution in [0.3, 0.4) is 0 Å². The second-order valence-electron chi connectivity index (χ2n) is 6.86. The molecule has 0 N–H and O–H groups in total. The molecule has 0 heterocycles. The molecule has 0 saturated heterocycles. The van der Waals surface area contributed by atoms with Gasteiger partial charge in [-0.25, -0.2) is 0 Å². The topological polar surface area (TPSA) is 0 Å². The minimum atomic E-state index is 0. The molecule has 0 aliphatic rings. The average Bonchev–Trinajstić information content (AvgIpc) is 3.25. The maximum absolute atomic E-state index is 3.51. The number of aryl methyl sites for hydroxylation is 2. The van der Waals surface area contributed by atoms with Crippen molar-refractivity contribution in [1.29, 1.82) is 0 Å². The summed E-state index contributed by atoms with van der Waals surface area (Å²) in [6.45, 7) is 8.83. The zero-order chi connectivity index (χ0) is 20.7. The predicted octanol–water partition coefficient (Wildman–Crippen LogP) is 2.83. The summed E-state index contributed by atoms with van der Waals surface area (Å²) in [7, 11) is 0. The third kappa shape index (κ3) is 9.04. The van der Waals surface area contributed by atoms with Gasteiger partial charge in [0.15, 0.2) is 0 Å². The van der Waals surface area contributed by atoms with Crippen LogP contribution in [0.25, 0.3) is 21.5 Å². The molecule has 4 rings (SSSR count). The van der Waals surface area contributed by atoms with Crippen LogP contribution < -0.4 is 24.8 Å². The van der Waals surface area contributed by atoms with Crippen molar-refractivity contribution in [2.24, 2.45) is 0 Å². The van der Waals surface area contributed by atoms with Gasteiger partial charge in [0.1, 0.15) is 0 Å². The zero-order valence-corrected chi connectivity index (χ0v) is 25.8. The van der Waals surface area contributed by atoms with E-state index in [4.69, 9.17) is 0 Å².